The van der Waals surface area contributed by atoms with Gasteiger partial charge in [-0.05, 0) is 18.6 Å². The predicted octanol–water partition coefficient (Wildman–Crippen LogP) is 0.421. The number of hydrazine groups is 1. The van der Waals surface area contributed by atoms with Crippen LogP contribution in [-0.2, 0) is 0 Å². The Balaban J connectivity index is 4.34. The molecule has 0 aromatic heterocycles. The van der Waals surface area contributed by atoms with Gasteiger partial charge in [0.25, 0.3) is 0 Å². The average Bonchev–Trinajstić information content (AvgIpc) is 2.02. The summed E-state index contributed by atoms with van der Waals surface area (Å²) >= 11 is 5.56. The Morgan fingerprint density at radius 1 is 1.73 bits per heavy atom. The molecule has 5 heteroatoms. The van der Waals surface area contributed by atoms with Crippen molar-refractivity contribution in [1.29, 1.82) is 0 Å². The maximum Gasteiger partial charge on any atom is 0.151 e. The highest BCUT2D eigenvalue weighted by molar-refractivity contribution is 6.69. The van der Waals surface area contributed by atoms with Crippen molar-refractivity contribution in [3.8, 4) is 0 Å². The average molecular weight is 175 g/mol. The minimum Gasteiger partial charge on any atom is -0.325 e. The van der Waals surface area contributed by atoms with E-state index in [0.29, 0.717) is 11.3 Å². The van der Waals surface area contributed by atoms with Crippen LogP contribution in [0.2, 0.25) is 0 Å². The van der Waals surface area contributed by atoms with Gasteiger partial charge in [-0.3, -0.25) is 5.84 Å². The highest BCUT2D eigenvalue weighted by Crippen LogP contribution is 2.02. The Labute approximate surface area is 70.6 Å². The van der Waals surface area contributed by atoms with Gasteiger partial charge in [0.15, 0.2) is 5.17 Å². The Morgan fingerprint density at radius 2 is 2.27 bits per heavy atom. The molecule has 0 rings (SSSR count). The molecule has 0 aromatic rings. The molecule has 0 spiro atoms. The standard InChI is InChI=1S/C6H11ClN4/c1-4(6(7)11-9)3-5(2)10-8/h3,10H,2,8-9H2,1H3/b4-3-,11-6+. The van der Waals surface area contributed by atoms with Crippen LogP contribution in [-0.4, -0.2) is 5.17 Å². The van der Waals surface area contributed by atoms with Gasteiger partial charge in [0, 0.05) is 5.70 Å². The van der Waals surface area contributed by atoms with Gasteiger partial charge < -0.3 is 11.3 Å². The molecule has 0 amide bonds. The van der Waals surface area contributed by atoms with E-state index in [4.69, 9.17) is 23.3 Å². The lowest BCUT2D eigenvalue weighted by molar-refractivity contribution is 0.920. The summed E-state index contributed by atoms with van der Waals surface area (Å²) in [6.45, 7) is 5.31. The zero-order valence-electron chi connectivity index (χ0n) is 6.26. The van der Waals surface area contributed by atoms with Crippen LogP contribution in [0.3, 0.4) is 0 Å². The van der Waals surface area contributed by atoms with Crippen LogP contribution in [0.5, 0.6) is 0 Å². The van der Waals surface area contributed by atoms with Gasteiger partial charge in [-0.1, -0.05) is 18.2 Å². The summed E-state index contributed by atoms with van der Waals surface area (Å²) in [5, 5.41) is 3.52. The number of halogens is 1. The van der Waals surface area contributed by atoms with Crippen LogP contribution < -0.4 is 17.1 Å². The molecule has 0 saturated heterocycles. The molecule has 0 aliphatic rings. The number of nitrogens with zero attached hydrogens (tertiary/aromatic N) is 1. The molecule has 0 aliphatic carbocycles. The molecule has 0 saturated carbocycles. The molecule has 0 unspecified atom stereocenters. The molecule has 0 heterocycles. The molecule has 0 fully saturated rings. The fourth-order valence-corrected chi connectivity index (χ4v) is 0.519. The number of hydrogen-bond acceptors (Lipinski definition) is 4. The summed E-state index contributed by atoms with van der Waals surface area (Å²) in [7, 11) is 0. The van der Waals surface area contributed by atoms with Gasteiger partial charge in [0.1, 0.15) is 0 Å². The molecular formula is C6H11ClN4. The van der Waals surface area contributed by atoms with Crippen molar-refractivity contribution in [3.63, 3.8) is 0 Å². The van der Waals surface area contributed by atoms with E-state index < -0.39 is 0 Å². The summed E-state index contributed by atoms with van der Waals surface area (Å²) in [5.74, 6) is 9.98. The number of hydrogen-bond donors (Lipinski definition) is 3. The first-order chi connectivity index (χ1) is 5.11. The first-order valence-electron chi connectivity index (χ1n) is 2.89. The van der Waals surface area contributed by atoms with E-state index in [2.05, 4.69) is 17.1 Å². The number of nitrogens with two attached hydrogens (primary N) is 2. The summed E-state index contributed by atoms with van der Waals surface area (Å²) in [4.78, 5) is 0. The van der Waals surface area contributed by atoms with E-state index in [1.807, 2.05) is 0 Å². The van der Waals surface area contributed by atoms with Gasteiger partial charge in [-0.25, -0.2) is 0 Å². The minimum atomic E-state index is 0.237. The van der Waals surface area contributed by atoms with E-state index in [1.165, 1.54) is 0 Å². The summed E-state index contributed by atoms with van der Waals surface area (Å²) in [6, 6.07) is 0. The smallest absolute Gasteiger partial charge is 0.151 e. The fourth-order valence-electron chi connectivity index (χ4n) is 0.464. The number of allylic oxidation sites excluding steroid dienone is 2. The largest absolute Gasteiger partial charge is 0.325 e. The third kappa shape index (κ3) is 3.64. The summed E-state index contributed by atoms with van der Waals surface area (Å²) in [6.07, 6.45) is 1.64. The molecule has 62 valence electrons. The highest BCUT2D eigenvalue weighted by atomic mass is 35.5. The molecule has 5 N–H and O–H groups in total. The Bertz CT molecular complexity index is 207. The fraction of sp³-hybridized carbons (Fsp3) is 0.167. The molecule has 0 radical (unpaired) electrons. The van der Waals surface area contributed by atoms with Crippen LogP contribution in [0.15, 0.2) is 29.0 Å². The van der Waals surface area contributed by atoms with Gasteiger partial charge in [0.2, 0.25) is 0 Å². The molecule has 0 bridgehead atoms. The summed E-state index contributed by atoms with van der Waals surface area (Å²) in [5.41, 5.74) is 3.60. The van der Waals surface area contributed by atoms with Crippen molar-refractivity contribution in [2.75, 3.05) is 0 Å². The van der Waals surface area contributed by atoms with E-state index in [9.17, 15) is 0 Å². The topological polar surface area (TPSA) is 76.4 Å². The van der Waals surface area contributed by atoms with Gasteiger partial charge >= 0.3 is 0 Å². The lowest BCUT2D eigenvalue weighted by atomic mass is 10.3. The number of nitrogens with one attached hydrogen (secondary N) is 1. The number of hydrazone groups is 1. The third-order valence-corrected chi connectivity index (χ3v) is 1.41. The Morgan fingerprint density at radius 3 is 2.64 bits per heavy atom. The molecule has 11 heavy (non-hydrogen) atoms. The lowest BCUT2D eigenvalue weighted by Gasteiger charge is -1.99. The molecular weight excluding hydrogens is 164 g/mol. The first kappa shape index (κ1) is 10.0. The molecule has 4 nitrogen and oxygen atoms in total. The zero-order chi connectivity index (χ0) is 8.85. The lowest BCUT2D eigenvalue weighted by Crippen LogP contribution is -2.19. The Kier molecular flexibility index (Phi) is 4.33. The zero-order valence-corrected chi connectivity index (χ0v) is 7.02. The van der Waals surface area contributed by atoms with E-state index in [1.54, 1.807) is 13.0 Å². The Hall–Kier alpha value is -1.00. The molecule has 0 aromatic carbocycles. The van der Waals surface area contributed by atoms with Crippen molar-refractivity contribution in [1.82, 2.24) is 5.43 Å². The second kappa shape index (κ2) is 4.76. The van der Waals surface area contributed by atoms with Crippen LogP contribution in [0.4, 0.5) is 0 Å². The second-order valence-corrected chi connectivity index (χ2v) is 2.27. The van der Waals surface area contributed by atoms with Crippen LogP contribution in [0, 0.1) is 0 Å². The van der Waals surface area contributed by atoms with Crippen molar-refractivity contribution in [3.05, 3.63) is 23.9 Å². The summed E-state index contributed by atoms with van der Waals surface area (Å²) < 4.78 is 0. The monoisotopic (exact) mass is 174 g/mol. The highest BCUT2D eigenvalue weighted by Gasteiger charge is 1.96. The van der Waals surface area contributed by atoms with Gasteiger partial charge in [-0.2, -0.15) is 5.10 Å². The molecule has 0 aliphatic heterocycles. The quantitative estimate of drug-likeness (QED) is 0.251. The van der Waals surface area contributed by atoms with Crippen LogP contribution in [0.25, 0.3) is 0 Å². The normalized spacial score (nSPS) is 13.0. The van der Waals surface area contributed by atoms with E-state index >= 15 is 0 Å². The number of rotatable bonds is 3. The van der Waals surface area contributed by atoms with Crippen molar-refractivity contribution < 1.29 is 0 Å². The van der Waals surface area contributed by atoms with E-state index in [0.717, 1.165) is 0 Å². The molecule has 0 atom stereocenters. The van der Waals surface area contributed by atoms with Crippen LogP contribution >= 0.6 is 11.6 Å². The predicted molar refractivity (Wildman–Crippen MR) is 47.7 cm³/mol. The maximum absolute atomic E-state index is 5.56. The van der Waals surface area contributed by atoms with Crippen molar-refractivity contribution in [2.45, 2.75) is 6.92 Å². The van der Waals surface area contributed by atoms with Crippen LogP contribution in [0.1, 0.15) is 6.92 Å². The van der Waals surface area contributed by atoms with Gasteiger partial charge in [0.05, 0.1) is 0 Å². The SMILES string of the molecule is C=C(/C=C(C)\C(Cl)=N/N)NN. The van der Waals surface area contributed by atoms with Crippen molar-refractivity contribution >= 4 is 16.8 Å². The third-order valence-electron chi connectivity index (χ3n) is 1.01. The van der Waals surface area contributed by atoms with Crippen molar-refractivity contribution in [2.24, 2.45) is 16.8 Å². The first-order valence-corrected chi connectivity index (χ1v) is 3.27. The maximum atomic E-state index is 5.56. The second-order valence-electron chi connectivity index (χ2n) is 1.92. The van der Waals surface area contributed by atoms with Gasteiger partial charge in [-0.15, -0.1) is 0 Å². The van der Waals surface area contributed by atoms with E-state index in [-0.39, 0.29) is 5.17 Å². The minimum absolute atomic E-state index is 0.237.